The van der Waals surface area contributed by atoms with Gasteiger partial charge < -0.3 is 9.84 Å². The third kappa shape index (κ3) is 8.53. The molecule has 5 nitrogen and oxygen atoms in total. The Balaban J connectivity index is 0.00000392. The van der Waals surface area contributed by atoms with Crippen LogP contribution in [0.3, 0.4) is 0 Å². The fourth-order valence-corrected chi connectivity index (χ4v) is 3.43. The number of benzene rings is 2. The smallest absolute Gasteiger partial charge is 0.872 e. The number of rotatable bonds is 11. The summed E-state index contributed by atoms with van der Waals surface area (Å²) >= 11 is 0. The maximum atomic E-state index is 11.5. The summed E-state index contributed by atoms with van der Waals surface area (Å²) in [5.41, 5.74) is 0.854. The fourth-order valence-electron chi connectivity index (χ4n) is 2.93. The monoisotopic (exact) mass is 414 g/mol. The van der Waals surface area contributed by atoms with Crippen LogP contribution in [0.25, 0.3) is 0 Å². The standard InChI is InChI=1S/C21H28O5S.Na/c1-2-3-4-5-6-7-8-10-17-13-14-20(27(23,24)25)16-21(17)26-19-12-9-11-18(22)15-19;/h9,11-16,22H,2-8,10H2,1H3,(H,23,24,25);/q;+1/p-1. The molecule has 148 valence electrons. The third-order valence-corrected chi connectivity index (χ3v) is 5.27. The van der Waals surface area contributed by atoms with Crippen molar-refractivity contribution in [2.45, 2.75) is 63.2 Å². The number of aryl methyl sites for hydroxylation is 1. The minimum atomic E-state index is -4.32. The second kappa shape index (κ2) is 12.5. The minimum absolute atomic E-state index is 0. The zero-order valence-electron chi connectivity index (χ0n) is 16.7. The van der Waals surface area contributed by atoms with Crippen molar-refractivity contribution in [2.24, 2.45) is 0 Å². The molecule has 0 atom stereocenters. The van der Waals surface area contributed by atoms with E-state index < -0.39 is 10.1 Å². The maximum absolute atomic E-state index is 11.5. The molecule has 0 saturated carbocycles. The van der Waals surface area contributed by atoms with Crippen LogP contribution in [0.15, 0.2) is 47.4 Å². The van der Waals surface area contributed by atoms with Crippen LogP contribution >= 0.6 is 0 Å². The molecule has 0 saturated heterocycles. The number of unbranched alkanes of at least 4 members (excludes halogenated alkanes) is 6. The summed E-state index contributed by atoms with van der Waals surface area (Å²) in [6.07, 6.45) is 8.98. The first-order valence-electron chi connectivity index (χ1n) is 9.45. The molecule has 2 aromatic rings. The average molecular weight is 414 g/mol. The molecule has 0 aliphatic rings. The van der Waals surface area contributed by atoms with Gasteiger partial charge in [-0.3, -0.25) is 4.55 Å². The molecule has 2 aromatic carbocycles. The molecule has 0 unspecified atom stereocenters. The van der Waals surface area contributed by atoms with Crippen LogP contribution in [-0.4, -0.2) is 13.0 Å². The Morgan fingerprint density at radius 1 is 0.964 bits per heavy atom. The first kappa shape index (κ1) is 25.0. The Morgan fingerprint density at radius 3 is 2.29 bits per heavy atom. The molecule has 0 amide bonds. The van der Waals surface area contributed by atoms with Crippen LogP contribution in [0.5, 0.6) is 17.2 Å². The Labute approximate surface area is 190 Å². The summed E-state index contributed by atoms with van der Waals surface area (Å²) in [4.78, 5) is -0.223. The Morgan fingerprint density at radius 2 is 1.64 bits per heavy atom. The number of hydrogen-bond acceptors (Lipinski definition) is 4. The molecule has 28 heavy (non-hydrogen) atoms. The van der Waals surface area contributed by atoms with Crippen molar-refractivity contribution in [1.82, 2.24) is 0 Å². The molecule has 2 rings (SSSR count). The van der Waals surface area contributed by atoms with E-state index in [2.05, 4.69) is 6.92 Å². The predicted octanol–water partition coefficient (Wildman–Crippen LogP) is 2.10. The topological polar surface area (TPSA) is 86.7 Å². The zero-order chi connectivity index (χ0) is 19.7. The van der Waals surface area contributed by atoms with Crippen LogP contribution in [0, 0.1) is 0 Å². The molecular formula is C21H27NaO5S. The van der Waals surface area contributed by atoms with Gasteiger partial charge in [-0.2, -0.15) is 8.42 Å². The van der Waals surface area contributed by atoms with E-state index in [9.17, 15) is 18.1 Å². The molecule has 0 bridgehead atoms. The van der Waals surface area contributed by atoms with Gasteiger partial charge in [-0.25, -0.2) is 0 Å². The van der Waals surface area contributed by atoms with Gasteiger partial charge in [0.2, 0.25) is 0 Å². The van der Waals surface area contributed by atoms with Gasteiger partial charge in [0, 0.05) is 6.07 Å². The maximum Gasteiger partial charge on any atom is 1.00 e. The van der Waals surface area contributed by atoms with E-state index in [-0.39, 0.29) is 40.2 Å². The van der Waals surface area contributed by atoms with Crippen LogP contribution in [0.1, 0.15) is 57.4 Å². The third-order valence-electron chi connectivity index (χ3n) is 4.42. The molecule has 7 heteroatoms. The van der Waals surface area contributed by atoms with Crippen LogP contribution in [0.4, 0.5) is 0 Å². The molecule has 0 heterocycles. The quantitative estimate of drug-likeness (QED) is 0.346. The van der Waals surface area contributed by atoms with Crippen molar-refractivity contribution < 1.29 is 52.4 Å². The van der Waals surface area contributed by atoms with Gasteiger partial charge in [-0.1, -0.05) is 63.6 Å². The normalized spacial score (nSPS) is 11.1. The first-order valence-corrected chi connectivity index (χ1v) is 10.9. The van der Waals surface area contributed by atoms with E-state index >= 15 is 0 Å². The Kier molecular flexibility index (Phi) is 11.2. The van der Waals surface area contributed by atoms with Crippen molar-refractivity contribution in [3.63, 3.8) is 0 Å². The van der Waals surface area contributed by atoms with Gasteiger partial charge in [-0.05, 0) is 36.6 Å². The summed E-state index contributed by atoms with van der Waals surface area (Å²) in [5.74, 6) is 0.504. The van der Waals surface area contributed by atoms with Gasteiger partial charge in [0.25, 0.3) is 10.1 Å². The summed E-state index contributed by atoms with van der Waals surface area (Å²) in [6.45, 7) is 2.19. The second-order valence-corrected chi connectivity index (χ2v) is 8.11. The molecular weight excluding hydrogens is 387 g/mol. The van der Waals surface area contributed by atoms with Gasteiger partial charge in [0.05, 0.1) is 4.90 Å². The molecule has 0 radical (unpaired) electrons. The van der Waals surface area contributed by atoms with Gasteiger partial charge in [0.1, 0.15) is 11.5 Å². The van der Waals surface area contributed by atoms with Crippen LogP contribution in [0.2, 0.25) is 0 Å². The van der Waals surface area contributed by atoms with E-state index in [0.29, 0.717) is 11.5 Å². The SMILES string of the molecule is CCCCCCCCCc1ccc(S(=O)(=O)O)cc1Oc1cccc([O-])c1.[Na+]. The first-order chi connectivity index (χ1) is 12.9. The second-order valence-electron chi connectivity index (χ2n) is 6.69. The summed E-state index contributed by atoms with van der Waals surface area (Å²) in [5, 5.41) is 11.5. The molecule has 1 N–H and O–H groups in total. The Bertz CT molecular complexity index is 836. The summed E-state index contributed by atoms with van der Waals surface area (Å²) in [6, 6.07) is 10.3. The van der Waals surface area contributed by atoms with Crippen LogP contribution in [-0.2, 0) is 16.5 Å². The van der Waals surface area contributed by atoms with Crippen LogP contribution < -0.4 is 39.4 Å². The largest absolute Gasteiger partial charge is 1.00 e. The van der Waals surface area contributed by atoms with Gasteiger partial charge in [-0.15, -0.1) is 5.75 Å². The summed E-state index contributed by atoms with van der Waals surface area (Å²) in [7, 11) is -4.32. The predicted molar refractivity (Wildman–Crippen MR) is 104 cm³/mol. The van der Waals surface area contributed by atoms with E-state index in [4.69, 9.17) is 4.74 Å². The van der Waals surface area contributed by atoms with E-state index in [1.54, 1.807) is 18.2 Å². The number of ether oxygens (including phenoxy) is 1. The average Bonchev–Trinajstić information content (AvgIpc) is 2.61. The minimum Gasteiger partial charge on any atom is -0.872 e. The Hall–Kier alpha value is -1.05. The van der Waals surface area contributed by atoms with E-state index in [1.165, 1.54) is 56.4 Å². The van der Waals surface area contributed by atoms with Gasteiger partial charge in [0.15, 0.2) is 0 Å². The number of hydrogen-bond donors (Lipinski definition) is 1. The molecule has 0 spiro atoms. The van der Waals surface area contributed by atoms with Crippen molar-refractivity contribution in [2.75, 3.05) is 0 Å². The van der Waals surface area contributed by atoms with E-state index in [1.807, 2.05) is 0 Å². The van der Waals surface area contributed by atoms with Crippen molar-refractivity contribution >= 4 is 10.1 Å². The van der Waals surface area contributed by atoms with Crippen molar-refractivity contribution in [1.29, 1.82) is 0 Å². The molecule has 0 aliphatic heterocycles. The zero-order valence-corrected chi connectivity index (χ0v) is 19.5. The van der Waals surface area contributed by atoms with Crippen molar-refractivity contribution in [3.05, 3.63) is 48.0 Å². The van der Waals surface area contributed by atoms with Crippen molar-refractivity contribution in [3.8, 4) is 17.2 Å². The van der Waals surface area contributed by atoms with E-state index in [0.717, 1.165) is 24.8 Å². The van der Waals surface area contributed by atoms with Gasteiger partial charge >= 0.3 is 29.6 Å². The molecule has 0 aromatic heterocycles. The molecule has 0 fully saturated rings. The summed E-state index contributed by atoms with van der Waals surface area (Å²) < 4.78 is 37.9. The fraction of sp³-hybridized carbons (Fsp3) is 0.429. The molecule has 0 aliphatic carbocycles.